The van der Waals surface area contributed by atoms with Crippen LogP contribution >= 0.6 is 12.2 Å². The molecule has 26 heavy (non-hydrogen) atoms. The van der Waals surface area contributed by atoms with Crippen molar-refractivity contribution < 1.29 is 9.18 Å². The Bertz CT molecular complexity index is 1040. The number of anilines is 1. The topological polar surface area (TPSA) is 63.9 Å². The number of carbonyl (C=O) groups excluding carboxylic acids is 1. The van der Waals surface area contributed by atoms with E-state index in [2.05, 4.69) is 39.2 Å². The third-order valence-electron chi connectivity index (χ3n) is 4.85. The Morgan fingerprint density at radius 3 is 3.00 bits per heavy atom. The lowest BCUT2D eigenvalue weighted by Crippen LogP contribution is -2.41. The van der Waals surface area contributed by atoms with Gasteiger partial charge in [-0.05, 0) is 49.3 Å². The van der Waals surface area contributed by atoms with Crippen LogP contribution in [0.15, 0.2) is 36.4 Å². The van der Waals surface area contributed by atoms with E-state index >= 15 is 0 Å². The zero-order chi connectivity index (χ0) is 18.3. The Hall–Kier alpha value is -2.67. The van der Waals surface area contributed by atoms with Crippen LogP contribution in [-0.4, -0.2) is 35.0 Å². The maximum atomic E-state index is 13.8. The average molecular weight is 370 g/mol. The highest BCUT2D eigenvalue weighted by Crippen LogP contribution is 2.29. The number of amides is 1. The van der Waals surface area contributed by atoms with Gasteiger partial charge in [0.15, 0.2) is 4.77 Å². The Labute approximate surface area is 155 Å². The van der Waals surface area contributed by atoms with E-state index in [1.54, 1.807) is 0 Å². The predicted octanol–water partition coefficient (Wildman–Crippen LogP) is 3.55. The first-order valence-electron chi connectivity index (χ1n) is 8.57. The third kappa shape index (κ3) is 2.99. The summed E-state index contributed by atoms with van der Waals surface area (Å²) >= 11 is 5.05. The van der Waals surface area contributed by atoms with Crippen molar-refractivity contribution in [3.63, 3.8) is 0 Å². The van der Waals surface area contributed by atoms with Crippen LogP contribution in [-0.2, 0) is 6.42 Å². The van der Waals surface area contributed by atoms with E-state index in [0.29, 0.717) is 22.3 Å². The standard InChI is InChI=1S/C19H19FN4OS/c1-11(24-7-6-12-4-2-3-5-16(12)24)10-21-18(25)14-8-13(20)9-15-17(14)23-19(26)22-15/h2-5,8-9,11H,6-7,10H2,1H3,(H,21,25)(H2,22,23,26). The minimum atomic E-state index is -0.477. The van der Waals surface area contributed by atoms with E-state index in [1.807, 2.05) is 12.1 Å². The molecule has 3 N–H and O–H groups in total. The van der Waals surface area contributed by atoms with Crippen LogP contribution in [0.4, 0.5) is 10.1 Å². The first-order chi connectivity index (χ1) is 12.5. The molecule has 0 aliphatic carbocycles. The lowest BCUT2D eigenvalue weighted by Gasteiger charge is -2.27. The van der Waals surface area contributed by atoms with Gasteiger partial charge in [-0.25, -0.2) is 4.39 Å². The van der Waals surface area contributed by atoms with Gasteiger partial charge in [-0.3, -0.25) is 4.79 Å². The van der Waals surface area contributed by atoms with Gasteiger partial charge in [0.25, 0.3) is 5.91 Å². The van der Waals surface area contributed by atoms with E-state index in [9.17, 15) is 9.18 Å². The molecule has 0 radical (unpaired) electrons. The van der Waals surface area contributed by atoms with E-state index in [4.69, 9.17) is 12.2 Å². The molecule has 1 amide bonds. The highest BCUT2D eigenvalue weighted by Gasteiger charge is 2.23. The molecule has 1 aliphatic rings. The summed E-state index contributed by atoms with van der Waals surface area (Å²) in [5.41, 5.74) is 3.81. The molecule has 2 aromatic carbocycles. The zero-order valence-corrected chi connectivity index (χ0v) is 15.1. The van der Waals surface area contributed by atoms with Crippen molar-refractivity contribution in [1.29, 1.82) is 0 Å². The van der Waals surface area contributed by atoms with Crippen LogP contribution in [0.3, 0.4) is 0 Å². The van der Waals surface area contributed by atoms with E-state index in [0.717, 1.165) is 13.0 Å². The van der Waals surface area contributed by atoms with Crippen molar-refractivity contribution in [2.24, 2.45) is 0 Å². The fourth-order valence-corrected chi connectivity index (χ4v) is 3.77. The summed E-state index contributed by atoms with van der Waals surface area (Å²) in [6.45, 7) is 3.48. The number of carbonyl (C=O) groups is 1. The molecule has 0 fully saturated rings. The largest absolute Gasteiger partial charge is 0.366 e. The van der Waals surface area contributed by atoms with Gasteiger partial charge in [0.1, 0.15) is 5.82 Å². The number of nitrogens with zero attached hydrogens (tertiary/aromatic N) is 1. The second kappa shape index (κ2) is 6.57. The highest BCUT2D eigenvalue weighted by atomic mass is 32.1. The van der Waals surface area contributed by atoms with Crippen LogP contribution in [0.1, 0.15) is 22.8 Å². The number of nitrogens with one attached hydrogen (secondary N) is 3. The summed E-state index contributed by atoms with van der Waals surface area (Å²) < 4.78 is 14.2. The van der Waals surface area contributed by atoms with Gasteiger partial charge in [-0.1, -0.05) is 18.2 Å². The van der Waals surface area contributed by atoms with Crippen LogP contribution < -0.4 is 10.2 Å². The second-order valence-corrected chi connectivity index (χ2v) is 6.99. The lowest BCUT2D eigenvalue weighted by molar-refractivity contribution is 0.0952. The van der Waals surface area contributed by atoms with Gasteiger partial charge < -0.3 is 20.2 Å². The van der Waals surface area contributed by atoms with Crippen molar-refractivity contribution in [3.8, 4) is 0 Å². The molecule has 0 saturated heterocycles. The molecule has 0 bridgehead atoms. The number of fused-ring (bicyclic) bond motifs is 2. The molecule has 3 aromatic rings. The van der Waals surface area contributed by atoms with Gasteiger partial charge in [0.2, 0.25) is 0 Å². The number of hydrogen-bond acceptors (Lipinski definition) is 3. The van der Waals surface area contributed by atoms with Crippen molar-refractivity contribution in [3.05, 3.63) is 58.1 Å². The smallest absolute Gasteiger partial charge is 0.253 e. The maximum absolute atomic E-state index is 13.8. The monoisotopic (exact) mass is 370 g/mol. The third-order valence-corrected chi connectivity index (χ3v) is 5.05. The van der Waals surface area contributed by atoms with Gasteiger partial charge in [0.05, 0.1) is 16.6 Å². The number of rotatable bonds is 4. The number of aromatic nitrogens is 2. The molecule has 1 atom stereocenters. The van der Waals surface area contributed by atoms with E-state index in [1.165, 1.54) is 23.4 Å². The molecule has 5 nitrogen and oxygen atoms in total. The average Bonchev–Trinajstić information content (AvgIpc) is 3.21. The normalized spacial score (nSPS) is 14.5. The Morgan fingerprint density at radius 1 is 1.35 bits per heavy atom. The first kappa shape index (κ1) is 16.8. The van der Waals surface area contributed by atoms with Crippen LogP contribution in [0, 0.1) is 10.6 Å². The second-order valence-electron chi connectivity index (χ2n) is 6.59. The van der Waals surface area contributed by atoms with Crippen LogP contribution in [0.2, 0.25) is 0 Å². The molecular weight excluding hydrogens is 351 g/mol. The summed E-state index contributed by atoms with van der Waals surface area (Å²) in [4.78, 5) is 20.7. The Balaban J connectivity index is 1.50. The van der Waals surface area contributed by atoms with E-state index in [-0.39, 0.29) is 17.5 Å². The fraction of sp³-hybridized carbons (Fsp3) is 0.263. The number of halogens is 1. The summed E-state index contributed by atoms with van der Waals surface area (Å²) in [5, 5.41) is 2.92. The molecule has 134 valence electrons. The summed E-state index contributed by atoms with van der Waals surface area (Å²) in [6, 6.07) is 11.0. The fourth-order valence-electron chi connectivity index (χ4n) is 3.55. The molecular formula is C19H19FN4OS. The SMILES string of the molecule is CC(CNC(=O)c1cc(F)cc2[nH]c(=S)[nH]c12)N1CCc2ccccc21. The number of hydrogen-bond donors (Lipinski definition) is 3. The van der Waals surface area contributed by atoms with Gasteiger partial charge in [0, 0.05) is 24.8 Å². The highest BCUT2D eigenvalue weighted by molar-refractivity contribution is 7.71. The minimum Gasteiger partial charge on any atom is -0.366 e. The first-order valence-corrected chi connectivity index (χ1v) is 8.98. The number of para-hydroxylation sites is 1. The molecule has 1 unspecified atom stereocenters. The molecule has 1 aliphatic heterocycles. The van der Waals surface area contributed by atoms with Crippen molar-refractivity contribution >= 4 is 34.8 Å². The number of imidazole rings is 1. The van der Waals surface area contributed by atoms with Crippen LogP contribution in [0.5, 0.6) is 0 Å². The van der Waals surface area contributed by atoms with Crippen molar-refractivity contribution in [2.45, 2.75) is 19.4 Å². The van der Waals surface area contributed by atoms with Gasteiger partial charge >= 0.3 is 0 Å². The van der Waals surface area contributed by atoms with Gasteiger partial charge in [-0.15, -0.1) is 0 Å². The Morgan fingerprint density at radius 2 is 2.15 bits per heavy atom. The van der Waals surface area contributed by atoms with Crippen molar-refractivity contribution in [2.75, 3.05) is 18.0 Å². The number of benzene rings is 2. The van der Waals surface area contributed by atoms with E-state index < -0.39 is 5.82 Å². The summed E-state index contributed by atoms with van der Waals surface area (Å²) in [6.07, 6.45) is 1.01. The lowest BCUT2D eigenvalue weighted by atomic mass is 10.1. The zero-order valence-electron chi connectivity index (χ0n) is 14.3. The predicted molar refractivity (Wildman–Crippen MR) is 103 cm³/mol. The summed E-state index contributed by atoms with van der Waals surface area (Å²) in [5.74, 6) is -0.798. The molecule has 7 heteroatoms. The molecule has 1 aromatic heterocycles. The molecule has 2 heterocycles. The van der Waals surface area contributed by atoms with Crippen molar-refractivity contribution in [1.82, 2.24) is 15.3 Å². The number of aromatic amines is 2. The molecule has 4 rings (SSSR count). The minimum absolute atomic E-state index is 0.136. The summed E-state index contributed by atoms with van der Waals surface area (Å²) in [7, 11) is 0. The number of H-pyrrole nitrogens is 2. The molecule has 0 saturated carbocycles. The Kier molecular flexibility index (Phi) is 4.24. The molecule has 0 spiro atoms. The van der Waals surface area contributed by atoms with Gasteiger partial charge in [-0.2, -0.15) is 0 Å². The van der Waals surface area contributed by atoms with Crippen LogP contribution in [0.25, 0.3) is 11.0 Å². The quantitative estimate of drug-likeness (QED) is 0.616. The maximum Gasteiger partial charge on any atom is 0.253 e.